The second-order valence-corrected chi connectivity index (χ2v) is 4.76. The summed E-state index contributed by atoms with van der Waals surface area (Å²) >= 11 is 0. The van der Waals surface area contributed by atoms with Crippen LogP contribution in [0.25, 0.3) is 0 Å². The van der Waals surface area contributed by atoms with Crippen molar-refractivity contribution in [3.05, 3.63) is 12.2 Å². The van der Waals surface area contributed by atoms with Crippen LogP contribution in [0.1, 0.15) is 26.2 Å². The predicted molar refractivity (Wildman–Crippen MR) is 49.6 cm³/mol. The van der Waals surface area contributed by atoms with Gasteiger partial charge in [0.05, 0.1) is 5.60 Å². The van der Waals surface area contributed by atoms with Crippen LogP contribution in [-0.2, 0) is 14.3 Å². The number of carbonyl (C=O) groups excluding carboxylic acids is 1. The first-order chi connectivity index (χ1) is 6.62. The van der Waals surface area contributed by atoms with E-state index in [1.807, 2.05) is 0 Å². The fraction of sp³-hybridized carbons (Fsp3) is 0.727. The molecule has 0 aromatic rings. The summed E-state index contributed by atoms with van der Waals surface area (Å²) in [5.74, 6) is 0.269. The minimum Gasteiger partial charge on any atom is -0.456 e. The maximum absolute atomic E-state index is 11.4. The first-order valence-electron chi connectivity index (χ1n) is 5.17. The van der Waals surface area contributed by atoms with Crippen LogP contribution < -0.4 is 0 Å². The highest BCUT2D eigenvalue weighted by molar-refractivity contribution is 5.87. The summed E-state index contributed by atoms with van der Waals surface area (Å²) in [5, 5.41) is 0. The molecule has 2 saturated carbocycles. The van der Waals surface area contributed by atoms with Gasteiger partial charge >= 0.3 is 5.97 Å². The zero-order valence-electron chi connectivity index (χ0n) is 8.29. The van der Waals surface area contributed by atoms with Gasteiger partial charge in [0.1, 0.15) is 12.2 Å². The van der Waals surface area contributed by atoms with E-state index in [9.17, 15) is 4.79 Å². The molecule has 4 atom stereocenters. The average molecular weight is 194 g/mol. The molecule has 14 heavy (non-hydrogen) atoms. The zero-order valence-corrected chi connectivity index (χ0v) is 8.29. The molecule has 0 aromatic carbocycles. The molecule has 1 saturated heterocycles. The molecule has 3 fully saturated rings. The molecule has 0 aromatic heterocycles. The maximum atomic E-state index is 11.4. The molecule has 0 N–H and O–H groups in total. The lowest BCUT2D eigenvalue weighted by Gasteiger charge is -2.20. The Balaban J connectivity index is 1.71. The van der Waals surface area contributed by atoms with Crippen molar-refractivity contribution < 1.29 is 14.3 Å². The Labute approximate surface area is 83.1 Å². The highest BCUT2D eigenvalue weighted by atomic mass is 16.7. The van der Waals surface area contributed by atoms with Crippen molar-refractivity contribution >= 4 is 5.97 Å². The first kappa shape index (κ1) is 8.48. The monoisotopic (exact) mass is 194 g/mol. The Kier molecular flexibility index (Phi) is 1.45. The van der Waals surface area contributed by atoms with Gasteiger partial charge in [-0.15, -0.1) is 0 Å². The van der Waals surface area contributed by atoms with Crippen molar-refractivity contribution in [2.45, 2.75) is 44.0 Å². The summed E-state index contributed by atoms with van der Waals surface area (Å²) in [7, 11) is 0. The van der Waals surface area contributed by atoms with Gasteiger partial charge in [-0.1, -0.05) is 6.58 Å². The van der Waals surface area contributed by atoms with Gasteiger partial charge in [0.15, 0.2) is 0 Å². The number of carbonyl (C=O) groups is 1. The summed E-state index contributed by atoms with van der Waals surface area (Å²) in [5.41, 5.74) is 0.590. The number of epoxide rings is 1. The normalized spacial score (nSPS) is 47.4. The largest absolute Gasteiger partial charge is 0.456 e. The van der Waals surface area contributed by atoms with E-state index in [0.717, 1.165) is 19.3 Å². The van der Waals surface area contributed by atoms with Crippen LogP contribution in [0.5, 0.6) is 0 Å². The first-order valence-corrected chi connectivity index (χ1v) is 5.17. The van der Waals surface area contributed by atoms with Gasteiger partial charge in [-0.05, 0) is 26.2 Å². The van der Waals surface area contributed by atoms with E-state index in [1.165, 1.54) is 0 Å². The van der Waals surface area contributed by atoms with E-state index in [-0.39, 0.29) is 23.8 Å². The lowest BCUT2D eigenvalue weighted by molar-refractivity contribution is -0.147. The maximum Gasteiger partial charge on any atom is 0.333 e. The van der Waals surface area contributed by atoms with Crippen LogP contribution >= 0.6 is 0 Å². The van der Waals surface area contributed by atoms with Gasteiger partial charge in [-0.2, -0.15) is 0 Å². The molecule has 76 valence electrons. The van der Waals surface area contributed by atoms with Gasteiger partial charge in [-0.3, -0.25) is 0 Å². The molecule has 3 aliphatic rings. The van der Waals surface area contributed by atoms with Crippen LogP contribution in [0.4, 0.5) is 0 Å². The summed E-state index contributed by atoms with van der Waals surface area (Å²) in [4.78, 5) is 11.4. The van der Waals surface area contributed by atoms with E-state index >= 15 is 0 Å². The quantitative estimate of drug-likeness (QED) is 0.379. The zero-order chi connectivity index (χ0) is 9.92. The highest BCUT2D eigenvalue weighted by Gasteiger charge is 2.72. The molecule has 4 unspecified atom stereocenters. The molecule has 1 aliphatic heterocycles. The Morgan fingerprint density at radius 2 is 2.43 bits per heavy atom. The van der Waals surface area contributed by atoms with Gasteiger partial charge in [0.2, 0.25) is 0 Å². The lowest BCUT2D eigenvalue weighted by Crippen LogP contribution is -2.30. The van der Waals surface area contributed by atoms with Gasteiger partial charge in [-0.25, -0.2) is 4.79 Å². The second-order valence-electron chi connectivity index (χ2n) is 4.76. The van der Waals surface area contributed by atoms with Gasteiger partial charge < -0.3 is 9.47 Å². The third-order valence-corrected chi connectivity index (χ3v) is 3.72. The van der Waals surface area contributed by atoms with Crippen LogP contribution in [0.2, 0.25) is 0 Å². The lowest BCUT2D eigenvalue weighted by atomic mass is 9.98. The number of ether oxygens (including phenoxy) is 2. The second kappa shape index (κ2) is 2.40. The fourth-order valence-corrected chi connectivity index (χ4v) is 2.94. The third kappa shape index (κ3) is 0.934. The van der Waals surface area contributed by atoms with Crippen LogP contribution in [0, 0.1) is 5.92 Å². The molecule has 3 nitrogen and oxygen atoms in total. The standard InChI is InChI=1S/C11H14O3/c1-6(2)10(12)13-8-7-3-4-11(5-7)9(8)14-11/h7-9H,1,3-5H2,2H3. The molecule has 1 spiro atoms. The Morgan fingerprint density at radius 1 is 1.64 bits per heavy atom. The Hall–Kier alpha value is -0.830. The highest BCUT2D eigenvalue weighted by Crippen LogP contribution is 2.62. The number of esters is 1. The fourth-order valence-electron chi connectivity index (χ4n) is 2.94. The van der Waals surface area contributed by atoms with Crippen molar-refractivity contribution in [3.8, 4) is 0 Å². The van der Waals surface area contributed by atoms with E-state index in [0.29, 0.717) is 11.5 Å². The number of hydrogen-bond donors (Lipinski definition) is 0. The van der Waals surface area contributed by atoms with Crippen LogP contribution in [-0.4, -0.2) is 23.8 Å². The topological polar surface area (TPSA) is 38.8 Å². The van der Waals surface area contributed by atoms with Crippen molar-refractivity contribution in [1.29, 1.82) is 0 Å². The van der Waals surface area contributed by atoms with Gasteiger partial charge in [0, 0.05) is 11.5 Å². The molecule has 0 radical (unpaired) electrons. The van der Waals surface area contributed by atoms with E-state index in [2.05, 4.69) is 6.58 Å². The predicted octanol–water partition coefficient (Wildman–Crippen LogP) is 1.43. The minimum atomic E-state index is -0.270. The molecule has 2 bridgehead atoms. The molecular weight excluding hydrogens is 180 g/mol. The Morgan fingerprint density at radius 3 is 3.00 bits per heavy atom. The van der Waals surface area contributed by atoms with Crippen molar-refractivity contribution in [2.24, 2.45) is 5.92 Å². The minimum absolute atomic E-state index is 0.00736. The smallest absolute Gasteiger partial charge is 0.333 e. The number of rotatable bonds is 2. The molecule has 3 heteroatoms. The molecule has 0 amide bonds. The van der Waals surface area contributed by atoms with E-state index in [1.54, 1.807) is 6.92 Å². The molecule has 1 heterocycles. The summed E-state index contributed by atoms with van der Waals surface area (Å²) in [6.07, 6.45) is 3.59. The van der Waals surface area contributed by atoms with Crippen molar-refractivity contribution in [2.75, 3.05) is 0 Å². The molecular formula is C11H14O3. The summed E-state index contributed by atoms with van der Waals surface area (Å²) in [6.45, 7) is 5.26. The van der Waals surface area contributed by atoms with E-state index in [4.69, 9.17) is 9.47 Å². The van der Waals surface area contributed by atoms with Crippen molar-refractivity contribution in [3.63, 3.8) is 0 Å². The summed E-state index contributed by atoms with van der Waals surface area (Å²) in [6, 6.07) is 0. The van der Waals surface area contributed by atoms with Crippen LogP contribution in [0.3, 0.4) is 0 Å². The van der Waals surface area contributed by atoms with Crippen LogP contribution in [0.15, 0.2) is 12.2 Å². The Bertz CT molecular complexity index is 318. The SMILES string of the molecule is C=C(C)C(=O)OC1C2CCC3(C2)OC13. The summed E-state index contributed by atoms with van der Waals surface area (Å²) < 4.78 is 11.0. The number of hydrogen-bond acceptors (Lipinski definition) is 3. The third-order valence-electron chi connectivity index (χ3n) is 3.72. The number of fused-ring (bicyclic) bond motifs is 1. The average Bonchev–Trinajstić information content (AvgIpc) is 2.57. The van der Waals surface area contributed by atoms with E-state index < -0.39 is 0 Å². The molecule has 3 rings (SSSR count). The molecule has 2 aliphatic carbocycles. The van der Waals surface area contributed by atoms with Crippen molar-refractivity contribution in [1.82, 2.24) is 0 Å². The van der Waals surface area contributed by atoms with Gasteiger partial charge in [0.25, 0.3) is 0 Å².